The number of carbonyl (C=O) groups excluding carboxylic acids is 1. The molecular formula is C18H30N2O3. The summed E-state index contributed by atoms with van der Waals surface area (Å²) in [4.78, 5) is 12.3. The highest BCUT2D eigenvalue weighted by Crippen LogP contribution is 2.29. The lowest BCUT2D eigenvalue weighted by Crippen LogP contribution is -2.45. The number of benzene rings is 1. The Balaban J connectivity index is 2.85. The number of amides is 2. The molecule has 0 radical (unpaired) electrons. The molecule has 2 amide bonds. The van der Waals surface area contributed by atoms with Gasteiger partial charge in [0, 0.05) is 18.2 Å². The van der Waals surface area contributed by atoms with Crippen molar-refractivity contribution in [2.24, 2.45) is 11.8 Å². The van der Waals surface area contributed by atoms with Crippen molar-refractivity contribution in [3.8, 4) is 5.75 Å². The van der Waals surface area contributed by atoms with Gasteiger partial charge in [-0.2, -0.15) is 0 Å². The van der Waals surface area contributed by atoms with Gasteiger partial charge in [-0.1, -0.05) is 39.0 Å². The number of para-hydroxylation sites is 1. The SMILES string of the molecule is COc1ccccc1C(CC(C)C)NC(=O)NC(C)C(C)CO. The average molecular weight is 322 g/mol. The van der Waals surface area contributed by atoms with E-state index in [1.165, 1.54) is 0 Å². The molecule has 5 nitrogen and oxygen atoms in total. The minimum Gasteiger partial charge on any atom is -0.496 e. The second-order valence-corrected chi connectivity index (χ2v) is 6.49. The molecule has 3 unspecified atom stereocenters. The fourth-order valence-electron chi connectivity index (χ4n) is 2.40. The molecule has 1 rings (SSSR count). The first-order valence-electron chi connectivity index (χ1n) is 8.19. The van der Waals surface area contributed by atoms with Crippen molar-refractivity contribution in [2.75, 3.05) is 13.7 Å². The van der Waals surface area contributed by atoms with Crippen molar-refractivity contribution >= 4 is 6.03 Å². The average Bonchev–Trinajstić information content (AvgIpc) is 2.52. The van der Waals surface area contributed by atoms with Crippen molar-refractivity contribution in [3.05, 3.63) is 29.8 Å². The van der Waals surface area contributed by atoms with E-state index in [4.69, 9.17) is 4.74 Å². The Morgan fingerprint density at radius 3 is 2.39 bits per heavy atom. The van der Waals surface area contributed by atoms with Gasteiger partial charge in [-0.05, 0) is 31.2 Å². The number of nitrogens with one attached hydrogen (secondary N) is 2. The van der Waals surface area contributed by atoms with E-state index in [9.17, 15) is 9.90 Å². The first-order valence-corrected chi connectivity index (χ1v) is 8.19. The molecule has 5 heteroatoms. The summed E-state index contributed by atoms with van der Waals surface area (Å²) in [5.41, 5.74) is 0.974. The number of urea groups is 1. The Bertz CT molecular complexity index is 491. The number of ether oxygens (including phenoxy) is 1. The van der Waals surface area contributed by atoms with Gasteiger partial charge in [-0.3, -0.25) is 0 Å². The van der Waals surface area contributed by atoms with Gasteiger partial charge < -0.3 is 20.5 Å². The van der Waals surface area contributed by atoms with Crippen molar-refractivity contribution in [2.45, 2.75) is 46.2 Å². The van der Waals surface area contributed by atoms with Gasteiger partial charge in [0.2, 0.25) is 0 Å². The number of aliphatic hydroxyl groups excluding tert-OH is 1. The highest BCUT2D eigenvalue weighted by Gasteiger charge is 2.21. The molecule has 0 spiro atoms. The zero-order valence-corrected chi connectivity index (χ0v) is 14.8. The van der Waals surface area contributed by atoms with E-state index in [0.717, 1.165) is 17.7 Å². The molecule has 0 aliphatic rings. The van der Waals surface area contributed by atoms with Crippen LogP contribution in [-0.2, 0) is 0 Å². The molecule has 0 aromatic heterocycles. The normalized spacial score (nSPS) is 14.9. The van der Waals surface area contributed by atoms with Crippen LogP contribution in [0, 0.1) is 11.8 Å². The van der Waals surface area contributed by atoms with Gasteiger partial charge in [0.15, 0.2) is 0 Å². The second kappa shape index (κ2) is 9.40. The van der Waals surface area contributed by atoms with E-state index in [1.807, 2.05) is 38.1 Å². The monoisotopic (exact) mass is 322 g/mol. The lowest BCUT2D eigenvalue weighted by molar-refractivity contribution is 0.198. The summed E-state index contributed by atoms with van der Waals surface area (Å²) in [5, 5.41) is 15.1. The van der Waals surface area contributed by atoms with Gasteiger partial charge in [0.05, 0.1) is 13.2 Å². The van der Waals surface area contributed by atoms with Crippen LogP contribution in [0.4, 0.5) is 4.79 Å². The van der Waals surface area contributed by atoms with Crippen molar-refractivity contribution in [1.82, 2.24) is 10.6 Å². The van der Waals surface area contributed by atoms with Crippen LogP contribution in [0.15, 0.2) is 24.3 Å². The Labute approximate surface area is 139 Å². The van der Waals surface area contributed by atoms with E-state index < -0.39 is 0 Å². The Morgan fingerprint density at radius 1 is 1.17 bits per heavy atom. The fourth-order valence-corrected chi connectivity index (χ4v) is 2.40. The maximum Gasteiger partial charge on any atom is 0.315 e. The summed E-state index contributed by atoms with van der Waals surface area (Å²) in [6, 6.07) is 7.29. The van der Waals surface area contributed by atoms with Gasteiger partial charge in [-0.15, -0.1) is 0 Å². The van der Waals surface area contributed by atoms with E-state index in [0.29, 0.717) is 5.92 Å². The smallest absolute Gasteiger partial charge is 0.315 e. The summed E-state index contributed by atoms with van der Waals surface area (Å²) < 4.78 is 5.42. The van der Waals surface area contributed by atoms with Crippen LogP contribution in [0.1, 0.15) is 45.7 Å². The Morgan fingerprint density at radius 2 is 1.83 bits per heavy atom. The molecule has 0 aliphatic carbocycles. The van der Waals surface area contributed by atoms with Crippen LogP contribution in [-0.4, -0.2) is 30.9 Å². The minimum atomic E-state index is -0.227. The van der Waals surface area contributed by atoms with Crippen LogP contribution >= 0.6 is 0 Å². The molecule has 23 heavy (non-hydrogen) atoms. The summed E-state index contributed by atoms with van der Waals surface area (Å²) in [5.74, 6) is 1.21. The molecule has 0 bridgehead atoms. The van der Waals surface area contributed by atoms with Crippen LogP contribution in [0.2, 0.25) is 0 Å². The van der Waals surface area contributed by atoms with Gasteiger partial charge in [0.25, 0.3) is 0 Å². The topological polar surface area (TPSA) is 70.6 Å². The fraction of sp³-hybridized carbons (Fsp3) is 0.611. The molecular weight excluding hydrogens is 292 g/mol. The lowest BCUT2D eigenvalue weighted by Gasteiger charge is -2.25. The third-order valence-corrected chi connectivity index (χ3v) is 4.03. The molecule has 1 aromatic rings. The van der Waals surface area contributed by atoms with E-state index in [2.05, 4.69) is 24.5 Å². The molecule has 0 heterocycles. The van der Waals surface area contributed by atoms with Gasteiger partial charge in [-0.25, -0.2) is 4.79 Å². The minimum absolute atomic E-state index is 0.00978. The standard InChI is InChI=1S/C18H30N2O3/c1-12(2)10-16(15-8-6-7-9-17(15)23-5)20-18(22)19-14(4)13(3)11-21/h6-9,12-14,16,21H,10-11H2,1-5H3,(H2,19,20,22). The van der Waals surface area contributed by atoms with E-state index in [-0.39, 0.29) is 30.6 Å². The Kier molecular flexibility index (Phi) is 7.89. The van der Waals surface area contributed by atoms with Gasteiger partial charge >= 0.3 is 6.03 Å². The lowest BCUT2D eigenvalue weighted by atomic mass is 9.96. The largest absolute Gasteiger partial charge is 0.496 e. The van der Waals surface area contributed by atoms with Crippen LogP contribution < -0.4 is 15.4 Å². The molecule has 0 saturated heterocycles. The highest BCUT2D eigenvalue weighted by atomic mass is 16.5. The summed E-state index contributed by atoms with van der Waals surface area (Å²) >= 11 is 0. The highest BCUT2D eigenvalue weighted by molar-refractivity contribution is 5.75. The predicted molar refractivity (Wildman–Crippen MR) is 92.6 cm³/mol. The van der Waals surface area contributed by atoms with Crippen LogP contribution in [0.25, 0.3) is 0 Å². The number of hydrogen-bond acceptors (Lipinski definition) is 3. The molecule has 0 fully saturated rings. The van der Waals surface area contributed by atoms with Crippen molar-refractivity contribution in [1.29, 1.82) is 0 Å². The van der Waals surface area contributed by atoms with Crippen LogP contribution in [0.5, 0.6) is 5.75 Å². The van der Waals surface area contributed by atoms with Crippen molar-refractivity contribution in [3.63, 3.8) is 0 Å². The van der Waals surface area contributed by atoms with E-state index in [1.54, 1.807) is 7.11 Å². The maximum absolute atomic E-state index is 12.3. The zero-order valence-electron chi connectivity index (χ0n) is 14.8. The Hall–Kier alpha value is -1.75. The predicted octanol–water partition coefficient (Wildman–Crippen LogP) is 3.10. The number of aliphatic hydroxyl groups is 1. The number of hydrogen-bond donors (Lipinski definition) is 3. The summed E-state index contributed by atoms with van der Waals surface area (Å²) in [6.45, 7) is 8.08. The maximum atomic E-state index is 12.3. The molecule has 3 atom stereocenters. The molecule has 0 saturated carbocycles. The third kappa shape index (κ3) is 6.10. The zero-order chi connectivity index (χ0) is 17.4. The third-order valence-electron chi connectivity index (χ3n) is 4.03. The molecule has 0 aliphatic heterocycles. The summed E-state index contributed by atoms with van der Waals surface area (Å²) in [6.07, 6.45) is 0.817. The number of rotatable bonds is 8. The van der Waals surface area contributed by atoms with Crippen LogP contribution in [0.3, 0.4) is 0 Å². The van der Waals surface area contributed by atoms with E-state index >= 15 is 0 Å². The summed E-state index contributed by atoms with van der Waals surface area (Å²) in [7, 11) is 1.64. The first-order chi connectivity index (χ1) is 10.9. The first kappa shape index (κ1) is 19.3. The molecule has 130 valence electrons. The molecule has 3 N–H and O–H groups in total. The van der Waals surface area contributed by atoms with Crippen molar-refractivity contribution < 1.29 is 14.6 Å². The van der Waals surface area contributed by atoms with Gasteiger partial charge in [0.1, 0.15) is 5.75 Å². The molecule has 1 aromatic carbocycles. The second-order valence-electron chi connectivity index (χ2n) is 6.49. The quantitative estimate of drug-likeness (QED) is 0.689. The number of carbonyl (C=O) groups is 1. The number of methoxy groups -OCH3 is 1.